The van der Waals surface area contributed by atoms with Crippen molar-refractivity contribution in [1.82, 2.24) is 5.32 Å². The SMILES string of the molecule is COc1c(C)ccc(Cl)c1N1CCNCC1. The van der Waals surface area contributed by atoms with Gasteiger partial charge in [0.2, 0.25) is 0 Å². The van der Waals surface area contributed by atoms with Gasteiger partial charge in [0.1, 0.15) is 5.75 Å². The summed E-state index contributed by atoms with van der Waals surface area (Å²) in [5.41, 5.74) is 2.16. The summed E-state index contributed by atoms with van der Waals surface area (Å²) in [7, 11) is 1.70. The zero-order valence-electron chi connectivity index (χ0n) is 9.72. The number of benzene rings is 1. The molecule has 4 heteroatoms. The fourth-order valence-corrected chi connectivity index (χ4v) is 2.36. The van der Waals surface area contributed by atoms with Crippen molar-refractivity contribution in [2.75, 3.05) is 38.2 Å². The van der Waals surface area contributed by atoms with E-state index in [4.69, 9.17) is 16.3 Å². The molecule has 3 nitrogen and oxygen atoms in total. The van der Waals surface area contributed by atoms with Gasteiger partial charge in [-0.1, -0.05) is 17.7 Å². The largest absolute Gasteiger partial charge is 0.494 e. The van der Waals surface area contributed by atoms with Crippen LogP contribution in [0.2, 0.25) is 5.02 Å². The summed E-state index contributed by atoms with van der Waals surface area (Å²) in [6.07, 6.45) is 0. The average Bonchev–Trinajstić information content (AvgIpc) is 2.33. The molecule has 0 aliphatic carbocycles. The topological polar surface area (TPSA) is 24.5 Å². The third-order valence-electron chi connectivity index (χ3n) is 2.92. The molecule has 1 heterocycles. The third-order valence-corrected chi connectivity index (χ3v) is 3.22. The number of piperazine rings is 1. The van der Waals surface area contributed by atoms with E-state index < -0.39 is 0 Å². The van der Waals surface area contributed by atoms with E-state index in [1.54, 1.807) is 7.11 Å². The highest BCUT2D eigenvalue weighted by atomic mass is 35.5. The van der Waals surface area contributed by atoms with Crippen LogP contribution in [0.25, 0.3) is 0 Å². The van der Waals surface area contributed by atoms with Crippen LogP contribution in [-0.2, 0) is 0 Å². The van der Waals surface area contributed by atoms with Crippen LogP contribution in [0.1, 0.15) is 5.56 Å². The molecule has 16 heavy (non-hydrogen) atoms. The number of anilines is 1. The maximum absolute atomic E-state index is 6.27. The molecule has 1 aromatic carbocycles. The second kappa shape index (κ2) is 4.93. The third kappa shape index (κ3) is 2.11. The Morgan fingerprint density at radius 3 is 2.62 bits per heavy atom. The summed E-state index contributed by atoms with van der Waals surface area (Å²) < 4.78 is 5.46. The molecule has 1 N–H and O–H groups in total. The Morgan fingerprint density at radius 2 is 2.00 bits per heavy atom. The minimum Gasteiger partial charge on any atom is -0.494 e. The van der Waals surface area contributed by atoms with Gasteiger partial charge in [-0.3, -0.25) is 0 Å². The lowest BCUT2D eigenvalue weighted by molar-refractivity contribution is 0.410. The summed E-state index contributed by atoms with van der Waals surface area (Å²) in [4.78, 5) is 2.28. The lowest BCUT2D eigenvalue weighted by atomic mass is 10.1. The first-order valence-electron chi connectivity index (χ1n) is 5.53. The number of methoxy groups -OCH3 is 1. The molecule has 0 radical (unpaired) electrons. The van der Waals surface area contributed by atoms with Gasteiger partial charge in [0.15, 0.2) is 0 Å². The second-order valence-corrected chi connectivity index (χ2v) is 4.39. The van der Waals surface area contributed by atoms with Crippen LogP contribution < -0.4 is 15.0 Å². The van der Waals surface area contributed by atoms with E-state index in [1.165, 1.54) is 0 Å². The molecule has 0 bridgehead atoms. The highest BCUT2D eigenvalue weighted by Crippen LogP contribution is 2.38. The quantitative estimate of drug-likeness (QED) is 0.857. The molecule has 1 fully saturated rings. The molecule has 1 aliphatic heterocycles. The van der Waals surface area contributed by atoms with Gasteiger partial charge in [-0.25, -0.2) is 0 Å². The standard InChI is InChI=1S/C12H17ClN2O/c1-9-3-4-10(13)11(12(9)16-2)15-7-5-14-6-8-15/h3-4,14H,5-8H2,1-2H3. The highest BCUT2D eigenvalue weighted by molar-refractivity contribution is 6.33. The number of hydrogen-bond donors (Lipinski definition) is 1. The molecular formula is C12H17ClN2O. The van der Waals surface area contributed by atoms with Gasteiger partial charge >= 0.3 is 0 Å². The molecule has 0 atom stereocenters. The van der Waals surface area contributed by atoms with E-state index in [0.29, 0.717) is 0 Å². The van der Waals surface area contributed by atoms with Crippen molar-refractivity contribution < 1.29 is 4.74 Å². The van der Waals surface area contributed by atoms with Crippen molar-refractivity contribution in [2.45, 2.75) is 6.92 Å². The zero-order valence-corrected chi connectivity index (χ0v) is 10.5. The highest BCUT2D eigenvalue weighted by Gasteiger charge is 2.19. The molecule has 1 aliphatic rings. The molecule has 0 unspecified atom stereocenters. The predicted molar refractivity (Wildman–Crippen MR) is 67.8 cm³/mol. The number of halogens is 1. The monoisotopic (exact) mass is 240 g/mol. The van der Waals surface area contributed by atoms with Crippen molar-refractivity contribution in [3.05, 3.63) is 22.7 Å². The fourth-order valence-electron chi connectivity index (χ4n) is 2.09. The Bertz CT molecular complexity index is 376. The number of rotatable bonds is 2. The van der Waals surface area contributed by atoms with Crippen LogP contribution >= 0.6 is 11.6 Å². The normalized spacial score (nSPS) is 16.3. The van der Waals surface area contributed by atoms with E-state index in [9.17, 15) is 0 Å². The summed E-state index contributed by atoms with van der Waals surface area (Å²) in [5, 5.41) is 4.10. The molecule has 88 valence electrons. The van der Waals surface area contributed by atoms with Gasteiger partial charge < -0.3 is 15.0 Å². The molecule has 0 spiro atoms. The minimum absolute atomic E-state index is 0.768. The zero-order chi connectivity index (χ0) is 11.5. The minimum atomic E-state index is 0.768. The molecule has 0 aromatic heterocycles. The van der Waals surface area contributed by atoms with E-state index in [2.05, 4.69) is 10.2 Å². The predicted octanol–water partition coefficient (Wildman–Crippen LogP) is 2.07. The van der Waals surface area contributed by atoms with Crippen molar-refractivity contribution in [1.29, 1.82) is 0 Å². The molecular weight excluding hydrogens is 224 g/mol. The first-order chi connectivity index (χ1) is 7.74. The molecule has 1 aromatic rings. The maximum Gasteiger partial charge on any atom is 0.146 e. The number of aryl methyl sites for hydroxylation is 1. The Labute approximate surface area is 101 Å². The Morgan fingerprint density at radius 1 is 1.31 bits per heavy atom. The Balaban J connectivity index is 2.40. The lowest BCUT2D eigenvalue weighted by Crippen LogP contribution is -2.43. The van der Waals surface area contributed by atoms with Gasteiger partial charge in [0.25, 0.3) is 0 Å². The number of hydrogen-bond acceptors (Lipinski definition) is 3. The van der Waals surface area contributed by atoms with Crippen molar-refractivity contribution in [3.8, 4) is 5.75 Å². The van der Waals surface area contributed by atoms with E-state index in [0.717, 1.165) is 48.2 Å². The summed E-state index contributed by atoms with van der Waals surface area (Å²) in [5.74, 6) is 0.898. The van der Waals surface area contributed by atoms with Gasteiger partial charge in [-0.05, 0) is 18.6 Å². The van der Waals surface area contributed by atoms with Gasteiger partial charge in [0.05, 0.1) is 17.8 Å². The van der Waals surface area contributed by atoms with Crippen molar-refractivity contribution >= 4 is 17.3 Å². The molecule has 2 rings (SSSR count). The fraction of sp³-hybridized carbons (Fsp3) is 0.500. The van der Waals surface area contributed by atoms with Crippen LogP contribution in [0, 0.1) is 6.92 Å². The van der Waals surface area contributed by atoms with Gasteiger partial charge in [-0.15, -0.1) is 0 Å². The van der Waals surface area contributed by atoms with Crippen LogP contribution in [0.5, 0.6) is 5.75 Å². The summed E-state index contributed by atoms with van der Waals surface area (Å²) in [6, 6.07) is 3.93. The summed E-state index contributed by atoms with van der Waals surface area (Å²) >= 11 is 6.27. The maximum atomic E-state index is 6.27. The first kappa shape index (κ1) is 11.6. The molecule has 0 saturated carbocycles. The van der Waals surface area contributed by atoms with Crippen LogP contribution in [-0.4, -0.2) is 33.3 Å². The second-order valence-electron chi connectivity index (χ2n) is 3.98. The first-order valence-corrected chi connectivity index (χ1v) is 5.90. The van der Waals surface area contributed by atoms with Gasteiger partial charge in [-0.2, -0.15) is 0 Å². The number of nitrogens with zero attached hydrogens (tertiary/aromatic N) is 1. The lowest BCUT2D eigenvalue weighted by Gasteiger charge is -2.31. The smallest absolute Gasteiger partial charge is 0.146 e. The van der Waals surface area contributed by atoms with Crippen LogP contribution in [0.4, 0.5) is 5.69 Å². The van der Waals surface area contributed by atoms with E-state index >= 15 is 0 Å². The van der Waals surface area contributed by atoms with Crippen molar-refractivity contribution in [3.63, 3.8) is 0 Å². The van der Waals surface area contributed by atoms with Crippen LogP contribution in [0.3, 0.4) is 0 Å². The molecule has 1 saturated heterocycles. The number of nitrogens with one attached hydrogen (secondary N) is 1. The van der Waals surface area contributed by atoms with Gasteiger partial charge in [0, 0.05) is 26.2 Å². The van der Waals surface area contributed by atoms with Crippen LogP contribution in [0.15, 0.2) is 12.1 Å². The van der Waals surface area contributed by atoms with E-state index in [1.807, 2.05) is 19.1 Å². The Kier molecular flexibility index (Phi) is 3.56. The number of ether oxygens (including phenoxy) is 1. The average molecular weight is 241 g/mol. The Hall–Kier alpha value is -0.930. The van der Waals surface area contributed by atoms with E-state index in [-0.39, 0.29) is 0 Å². The summed E-state index contributed by atoms with van der Waals surface area (Å²) in [6.45, 7) is 5.97. The van der Waals surface area contributed by atoms with Crippen molar-refractivity contribution in [2.24, 2.45) is 0 Å². The molecule has 0 amide bonds.